The van der Waals surface area contributed by atoms with E-state index in [0.29, 0.717) is 18.5 Å². The zero-order chi connectivity index (χ0) is 13.6. The van der Waals surface area contributed by atoms with Crippen LogP contribution in [0.5, 0.6) is 0 Å². The van der Waals surface area contributed by atoms with Gasteiger partial charge in [0.1, 0.15) is 21.5 Å². The van der Waals surface area contributed by atoms with Crippen LogP contribution in [0, 0.1) is 11.6 Å². The number of hydrogen-bond donors (Lipinski definition) is 1. The summed E-state index contributed by atoms with van der Waals surface area (Å²) in [7, 11) is -2.94. The van der Waals surface area contributed by atoms with Crippen molar-refractivity contribution in [2.45, 2.75) is 19.9 Å². The van der Waals surface area contributed by atoms with Crippen LogP contribution in [-0.4, -0.2) is 26.5 Å². The molecule has 1 rings (SSSR count). The fourth-order valence-corrected chi connectivity index (χ4v) is 2.32. The second kappa shape index (κ2) is 6.80. The summed E-state index contributed by atoms with van der Waals surface area (Å²) in [6, 6.07) is 3.40. The van der Waals surface area contributed by atoms with Crippen LogP contribution in [-0.2, 0) is 16.4 Å². The Kier molecular flexibility index (Phi) is 5.68. The standard InChI is InChI=1S/C12H17F2NO2S/c1-2-18(16,17)7-3-6-15-9-10-4-5-11(13)8-12(10)14/h4-5,8,15H,2-3,6-7,9H2,1H3. The molecule has 3 nitrogen and oxygen atoms in total. The highest BCUT2D eigenvalue weighted by Crippen LogP contribution is 2.08. The van der Waals surface area contributed by atoms with Crippen molar-refractivity contribution in [3.05, 3.63) is 35.4 Å². The van der Waals surface area contributed by atoms with Gasteiger partial charge in [-0.05, 0) is 19.0 Å². The van der Waals surface area contributed by atoms with Crippen LogP contribution in [0.3, 0.4) is 0 Å². The third-order valence-electron chi connectivity index (χ3n) is 2.58. The predicted octanol–water partition coefficient (Wildman–Crippen LogP) is 1.88. The molecule has 0 bridgehead atoms. The van der Waals surface area contributed by atoms with Gasteiger partial charge in [0.05, 0.1) is 5.75 Å². The minimum absolute atomic E-state index is 0.127. The first-order valence-electron chi connectivity index (χ1n) is 5.79. The molecule has 0 aliphatic heterocycles. The molecule has 0 unspecified atom stereocenters. The zero-order valence-electron chi connectivity index (χ0n) is 10.2. The number of benzene rings is 1. The minimum atomic E-state index is -2.94. The van der Waals surface area contributed by atoms with Crippen molar-refractivity contribution in [2.75, 3.05) is 18.1 Å². The first kappa shape index (κ1) is 15.0. The Morgan fingerprint density at radius 3 is 2.61 bits per heavy atom. The lowest BCUT2D eigenvalue weighted by atomic mass is 10.2. The molecule has 0 aliphatic carbocycles. The lowest BCUT2D eigenvalue weighted by Gasteiger charge is -2.06. The van der Waals surface area contributed by atoms with Gasteiger partial charge >= 0.3 is 0 Å². The molecule has 0 radical (unpaired) electrons. The molecular formula is C12H17F2NO2S. The Labute approximate surface area is 106 Å². The van der Waals surface area contributed by atoms with Crippen molar-refractivity contribution in [3.63, 3.8) is 0 Å². The number of hydrogen-bond acceptors (Lipinski definition) is 3. The van der Waals surface area contributed by atoms with E-state index in [9.17, 15) is 17.2 Å². The second-order valence-corrected chi connectivity index (χ2v) is 6.48. The summed E-state index contributed by atoms with van der Waals surface area (Å²) in [5, 5.41) is 2.93. The van der Waals surface area contributed by atoms with Crippen LogP contribution in [0.1, 0.15) is 18.9 Å². The molecule has 1 aromatic carbocycles. The van der Waals surface area contributed by atoms with E-state index >= 15 is 0 Å². The SMILES string of the molecule is CCS(=O)(=O)CCCNCc1ccc(F)cc1F. The van der Waals surface area contributed by atoms with E-state index in [1.165, 1.54) is 12.1 Å². The largest absolute Gasteiger partial charge is 0.313 e. The number of rotatable bonds is 7. The molecule has 102 valence electrons. The van der Waals surface area contributed by atoms with Gasteiger partial charge in [-0.2, -0.15) is 0 Å². The molecule has 0 saturated carbocycles. The van der Waals surface area contributed by atoms with Gasteiger partial charge in [0, 0.05) is 23.9 Å². The third-order valence-corrected chi connectivity index (χ3v) is 4.37. The average Bonchev–Trinajstić information content (AvgIpc) is 2.31. The van der Waals surface area contributed by atoms with Crippen LogP contribution >= 0.6 is 0 Å². The van der Waals surface area contributed by atoms with Crippen molar-refractivity contribution in [1.82, 2.24) is 5.32 Å². The first-order valence-corrected chi connectivity index (χ1v) is 7.62. The molecule has 0 heterocycles. The van der Waals surface area contributed by atoms with E-state index in [-0.39, 0.29) is 18.1 Å². The Morgan fingerprint density at radius 1 is 1.28 bits per heavy atom. The summed E-state index contributed by atoms with van der Waals surface area (Å²) in [6.07, 6.45) is 0.485. The summed E-state index contributed by atoms with van der Waals surface area (Å²) < 4.78 is 48.3. The average molecular weight is 277 g/mol. The molecule has 0 aromatic heterocycles. The minimum Gasteiger partial charge on any atom is -0.313 e. The molecule has 0 spiro atoms. The zero-order valence-corrected chi connectivity index (χ0v) is 11.1. The molecule has 1 aromatic rings. The Bertz CT molecular complexity index is 489. The molecule has 0 atom stereocenters. The van der Waals surface area contributed by atoms with Gasteiger partial charge in [-0.15, -0.1) is 0 Å². The van der Waals surface area contributed by atoms with Gasteiger partial charge < -0.3 is 5.32 Å². The fraction of sp³-hybridized carbons (Fsp3) is 0.500. The normalized spacial score (nSPS) is 11.7. The number of sulfone groups is 1. The van der Waals surface area contributed by atoms with Crippen molar-refractivity contribution in [2.24, 2.45) is 0 Å². The highest BCUT2D eigenvalue weighted by molar-refractivity contribution is 7.91. The highest BCUT2D eigenvalue weighted by atomic mass is 32.2. The lowest BCUT2D eigenvalue weighted by Crippen LogP contribution is -2.19. The van der Waals surface area contributed by atoms with Gasteiger partial charge in [0.2, 0.25) is 0 Å². The molecule has 18 heavy (non-hydrogen) atoms. The molecule has 0 aliphatic rings. The van der Waals surface area contributed by atoms with E-state index < -0.39 is 21.5 Å². The monoisotopic (exact) mass is 277 g/mol. The number of nitrogens with one attached hydrogen (secondary N) is 1. The van der Waals surface area contributed by atoms with Crippen molar-refractivity contribution >= 4 is 9.84 Å². The molecule has 1 N–H and O–H groups in total. The lowest BCUT2D eigenvalue weighted by molar-refractivity contribution is 0.557. The van der Waals surface area contributed by atoms with Gasteiger partial charge in [0.25, 0.3) is 0 Å². The number of halogens is 2. The smallest absolute Gasteiger partial charge is 0.150 e. The van der Waals surface area contributed by atoms with Crippen LogP contribution in [0.15, 0.2) is 18.2 Å². The van der Waals surface area contributed by atoms with E-state index in [0.717, 1.165) is 6.07 Å². The molecule has 0 amide bonds. The van der Waals surface area contributed by atoms with Gasteiger partial charge in [0.15, 0.2) is 0 Å². The van der Waals surface area contributed by atoms with Crippen LogP contribution in [0.4, 0.5) is 8.78 Å². The topological polar surface area (TPSA) is 46.2 Å². The Balaban J connectivity index is 2.30. The predicted molar refractivity (Wildman–Crippen MR) is 67.0 cm³/mol. The third kappa shape index (κ3) is 5.10. The van der Waals surface area contributed by atoms with Crippen LogP contribution in [0.25, 0.3) is 0 Å². The quantitative estimate of drug-likeness (QED) is 0.774. The summed E-state index contributed by atoms with van der Waals surface area (Å²) >= 11 is 0. The fourth-order valence-electron chi connectivity index (χ4n) is 1.45. The van der Waals surface area contributed by atoms with E-state index in [1.807, 2.05) is 0 Å². The summed E-state index contributed by atoms with van der Waals surface area (Å²) in [5.41, 5.74) is 0.370. The summed E-state index contributed by atoms with van der Waals surface area (Å²) in [6.45, 7) is 2.35. The Hall–Kier alpha value is -1.01. The van der Waals surface area contributed by atoms with Crippen molar-refractivity contribution in [1.29, 1.82) is 0 Å². The summed E-state index contributed by atoms with van der Waals surface area (Å²) in [5.74, 6) is -0.934. The molecule has 6 heteroatoms. The summed E-state index contributed by atoms with van der Waals surface area (Å²) in [4.78, 5) is 0. The van der Waals surface area contributed by atoms with Gasteiger partial charge in [-0.25, -0.2) is 17.2 Å². The van der Waals surface area contributed by atoms with E-state index in [2.05, 4.69) is 5.32 Å². The maximum atomic E-state index is 13.2. The maximum Gasteiger partial charge on any atom is 0.150 e. The van der Waals surface area contributed by atoms with Crippen LogP contribution < -0.4 is 5.32 Å². The second-order valence-electron chi connectivity index (χ2n) is 4.00. The van der Waals surface area contributed by atoms with Gasteiger partial charge in [-0.3, -0.25) is 0 Å². The molecule has 0 saturated heterocycles. The van der Waals surface area contributed by atoms with Crippen molar-refractivity contribution < 1.29 is 17.2 Å². The van der Waals surface area contributed by atoms with Crippen LogP contribution in [0.2, 0.25) is 0 Å². The van der Waals surface area contributed by atoms with Crippen molar-refractivity contribution in [3.8, 4) is 0 Å². The molecular weight excluding hydrogens is 260 g/mol. The van der Waals surface area contributed by atoms with E-state index in [4.69, 9.17) is 0 Å². The van der Waals surface area contributed by atoms with Gasteiger partial charge in [-0.1, -0.05) is 13.0 Å². The molecule has 0 fully saturated rings. The first-order chi connectivity index (χ1) is 8.44. The Morgan fingerprint density at radius 2 is 2.00 bits per heavy atom. The van der Waals surface area contributed by atoms with E-state index in [1.54, 1.807) is 6.92 Å². The highest BCUT2D eigenvalue weighted by Gasteiger charge is 2.07. The maximum absolute atomic E-state index is 13.2.